The van der Waals surface area contributed by atoms with Gasteiger partial charge in [-0.25, -0.2) is 9.59 Å². The Morgan fingerprint density at radius 1 is 1.04 bits per heavy atom. The van der Waals surface area contributed by atoms with Crippen molar-refractivity contribution in [3.8, 4) is 0 Å². The van der Waals surface area contributed by atoms with Gasteiger partial charge in [-0.3, -0.25) is 24.0 Å². The van der Waals surface area contributed by atoms with Crippen LogP contribution in [0.15, 0.2) is 35.1 Å². The second-order valence-corrected chi connectivity index (χ2v) is 12.4. The van der Waals surface area contributed by atoms with Crippen LogP contribution in [0.25, 0.3) is 6.08 Å². The summed E-state index contributed by atoms with van der Waals surface area (Å²) in [7, 11) is 1.23. The molecule has 1 aliphatic rings. The number of hydrogen-bond acceptors (Lipinski definition) is 10. The maximum absolute atomic E-state index is 13.9. The summed E-state index contributed by atoms with van der Waals surface area (Å²) in [5.74, 6) is -4.18. The van der Waals surface area contributed by atoms with Crippen molar-refractivity contribution >= 4 is 58.9 Å². The molecular formula is C33H47N5O9S. The first kappa shape index (κ1) is 39.6. The molecule has 5 N–H and O–H groups in total. The van der Waals surface area contributed by atoms with Gasteiger partial charge in [-0.2, -0.15) is 11.3 Å². The summed E-state index contributed by atoms with van der Waals surface area (Å²) in [6, 6.07) is -2.38. The molecule has 14 nitrogen and oxygen atoms in total. The fraction of sp³-hybridized carbons (Fsp3) is 0.545. The summed E-state index contributed by atoms with van der Waals surface area (Å²) < 4.78 is 9.71. The number of esters is 2. The van der Waals surface area contributed by atoms with Crippen molar-refractivity contribution in [2.45, 2.75) is 89.9 Å². The summed E-state index contributed by atoms with van der Waals surface area (Å²) in [6.45, 7) is 5.87. The van der Waals surface area contributed by atoms with Crippen LogP contribution >= 0.6 is 11.3 Å². The quantitative estimate of drug-likeness (QED) is 0.123. The Labute approximate surface area is 284 Å². The third kappa shape index (κ3) is 13.7. The van der Waals surface area contributed by atoms with Crippen molar-refractivity contribution in [3.63, 3.8) is 0 Å². The molecule has 0 unspecified atom stereocenters. The van der Waals surface area contributed by atoms with E-state index in [1.54, 1.807) is 13.0 Å². The van der Waals surface area contributed by atoms with E-state index in [1.165, 1.54) is 41.6 Å². The van der Waals surface area contributed by atoms with Crippen molar-refractivity contribution < 1.29 is 43.0 Å². The van der Waals surface area contributed by atoms with E-state index in [-0.39, 0.29) is 44.8 Å². The number of carbonyl (C=O) groups excluding carboxylic acids is 7. The summed E-state index contributed by atoms with van der Waals surface area (Å²) in [4.78, 5) is 90.6. The Morgan fingerprint density at radius 2 is 1.79 bits per heavy atom. The zero-order valence-electron chi connectivity index (χ0n) is 27.9. The normalized spacial score (nSPS) is 16.4. The predicted octanol–water partition coefficient (Wildman–Crippen LogP) is 1.59. The van der Waals surface area contributed by atoms with E-state index in [0.717, 1.165) is 5.56 Å². The molecule has 0 radical (unpaired) electrons. The smallest absolute Gasteiger partial charge is 0.330 e. The lowest BCUT2D eigenvalue weighted by atomic mass is 10.0. The first-order valence-electron chi connectivity index (χ1n) is 16.0. The van der Waals surface area contributed by atoms with Crippen molar-refractivity contribution in [1.29, 1.82) is 0 Å². The maximum atomic E-state index is 13.9. The monoisotopic (exact) mass is 689 g/mol. The Morgan fingerprint density at radius 3 is 2.42 bits per heavy atom. The number of nitrogens with one attached hydrogen (secondary N) is 3. The van der Waals surface area contributed by atoms with Gasteiger partial charge in [0.05, 0.1) is 13.7 Å². The van der Waals surface area contributed by atoms with E-state index in [1.807, 2.05) is 30.7 Å². The number of nitrogens with zero attached hydrogens (tertiary/aromatic N) is 1. The van der Waals surface area contributed by atoms with Crippen molar-refractivity contribution in [2.24, 2.45) is 11.7 Å². The Hall–Kier alpha value is -4.53. The van der Waals surface area contributed by atoms with Gasteiger partial charge in [0.1, 0.15) is 24.2 Å². The first-order valence-corrected chi connectivity index (χ1v) is 16.9. The van der Waals surface area contributed by atoms with E-state index in [4.69, 9.17) is 15.2 Å². The zero-order valence-corrected chi connectivity index (χ0v) is 28.7. The minimum atomic E-state index is -1.25. The van der Waals surface area contributed by atoms with Crippen molar-refractivity contribution in [3.05, 3.63) is 40.6 Å². The molecule has 1 saturated heterocycles. The predicted molar refractivity (Wildman–Crippen MR) is 179 cm³/mol. The second kappa shape index (κ2) is 20.7. The number of likely N-dealkylation sites (tertiary alicyclic amines) is 1. The highest BCUT2D eigenvalue weighted by Crippen LogP contribution is 2.21. The minimum absolute atomic E-state index is 0.0655. The topological polar surface area (TPSA) is 203 Å². The summed E-state index contributed by atoms with van der Waals surface area (Å²) >= 11 is 1.46. The van der Waals surface area contributed by atoms with Crippen LogP contribution in [-0.4, -0.2) is 90.8 Å². The summed E-state index contributed by atoms with van der Waals surface area (Å²) in [5.41, 5.74) is 6.17. The molecule has 2 heterocycles. The second-order valence-electron chi connectivity index (χ2n) is 11.7. The molecule has 48 heavy (non-hydrogen) atoms. The number of allylic oxidation sites excluding steroid dienone is 1. The van der Waals surface area contributed by atoms with Crippen LogP contribution in [0.4, 0.5) is 0 Å². The molecule has 0 saturated carbocycles. The minimum Gasteiger partial charge on any atom is -0.467 e. The number of ether oxygens (including phenoxy) is 2. The van der Waals surface area contributed by atoms with Crippen LogP contribution in [0, 0.1) is 5.92 Å². The number of methoxy groups -OCH3 is 1. The molecule has 0 aromatic carbocycles. The highest BCUT2D eigenvalue weighted by Gasteiger charge is 2.39. The molecule has 264 valence electrons. The average molecular weight is 690 g/mol. The molecule has 4 atom stereocenters. The van der Waals surface area contributed by atoms with Gasteiger partial charge in [-0.1, -0.05) is 19.9 Å². The lowest BCUT2D eigenvalue weighted by Gasteiger charge is -2.30. The molecule has 0 aliphatic carbocycles. The average Bonchev–Trinajstić information content (AvgIpc) is 3.75. The van der Waals surface area contributed by atoms with Crippen molar-refractivity contribution in [1.82, 2.24) is 20.9 Å². The van der Waals surface area contributed by atoms with Gasteiger partial charge in [-0.15, -0.1) is 0 Å². The highest BCUT2D eigenvalue weighted by molar-refractivity contribution is 7.08. The summed E-state index contributed by atoms with van der Waals surface area (Å²) in [5, 5.41) is 11.7. The van der Waals surface area contributed by atoms with Gasteiger partial charge in [0.15, 0.2) is 0 Å². The van der Waals surface area contributed by atoms with Crippen LogP contribution in [0.2, 0.25) is 0 Å². The van der Waals surface area contributed by atoms with Crippen LogP contribution in [0.1, 0.15) is 71.3 Å². The molecule has 2 rings (SSSR count). The first-order chi connectivity index (χ1) is 22.9. The summed E-state index contributed by atoms with van der Waals surface area (Å²) in [6.07, 6.45) is 6.64. The highest BCUT2D eigenvalue weighted by atomic mass is 32.1. The number of hydrogen-bond donors (Lipinski definition) is 4. The van der Waals surface area contributed by atoms with E-state index in [0.29, 0.717) is 19.3 Å². The van der Waals surface area contributed by atoms with Gasteiger partial charge in [-0.05, 0) is 79.8 Å². The molecule has 1 aromatic rings. The molecule has 1 aromatic heterocycles. The zero-order chi connectivity index (χ0) is 35.6. The molecule has 1 fully saturated rings. The van der Waals surface area contributed by atoms with E-state index >= 15 is 0 Å². The van der Waals surface area contributed by atoms with Gasteiger partial charge in [0, 0.05) is 25.1 Å². The van der Waals surface area contributed by atoms with Gasteiger partial charge < -0.3 is 36.1 Å². The number of nitrogens with two attached hydrogens (primary N) is 1. The van der Waals surface area contributed by atoms with Crippen LogP contribution < -0.4 is 21.7 Å². The molecule has 0 bridgehead atoms. The number of amides is 5. The van der Waals surface area contributed by atoms with Crippen LogP contribution in [0.3, 0.4) is 0 Å². The standard InChI is InChI=1S/C33H47N5O9S/c1-5-47-29(41)11-7-6-9-23(35-28(40)15-12-22-16-18-48-20-22)30(42)36-24(13-14-27(34)39)32(44)38-17-8-10-26(38)31(43)37-25(19-21(2)3)33(45)46-4/h7,11-12,15-16,18,20-21,23-26H,5-6,8-10,13-14,17,19H2,1-4H3,(H2,34,39)(H,35,40)(H,36,42)(H,37,43)/b11-7+,15-12+/t23-,24-,25-,26+/m1/s1. The largest absolute Gasteiger partial charge is 0.467 e. The maximum Gasteiger partial charge on any atom is 0.330 e. The van der Waals surface area contributed by atoms with E-state index in [9.17, 15) is 33.6 Å². The Bertz CT molecular complexity index is 1330. The van der Waals surface area contributed by atoms with E-state index < -0.39 is 65.6 Å². The number of rotatable bonds is 19. The van der Waals surface area contributed by atoms with Gasteiger partial charge >= 0.3 is 11.9 Å². The van der Waals surface area contributed by atoms with Crippen LogP contribution in [-0.2, 0) is 43.0 Å². The Kier molecular flexibility index (Phi) is 17.1. The molecule has 0 spiro atoms. The third-order valence-electron chi connectivity index (χ3n) is 7.41. The third-order valence-corrected chi connectivity index (χ3v) is 8.11. The lowest BCUT2D eigenvalue weighted by molar-refractivity contribution is -0.147. The fourth-order valence-corrected chi connectivity index (χ4v) is 5.71. The molecule has 15 heteroatoms. The van der Waals surface area contributed by atoms with Crippen molar-refractivity contribution in [2.75, 3.05) is 20.3 Å². The van der Waals surface area contributed by atoms with Gasteiger partial charge in [0.2, 0.25) is 29.5 Å². The molecule has 1 aliphatic heterocycles. The van der Waals surface area contributed by atoms with E-state index in [2.05, 4.69) is 16.0 Å². The lowest BCUT2D eigenvalue weighted by Crippen LogP contribution is -2.57. The molecule has 5 amide bonds. The Balaban J connectivity index is 2.25. The fourth-order valence-electron chi connectivity index (χ4n) is 5.08. The number of thiophene rings is 1. The van der Waals surface area contributed by atoms with Gasteiger partial charge in [0.25, 0.3) is 0 Å². The number of primary amides is 1. The number of carbonyl (C=O) groups is 7. The van der Waals surface area contributed by atoms with Crippen LogP contribution in [0.5, 0.6) is 0 Å². The SMILES string of the molecule is CCOC(=O)/C=C/CC[C@@H](NC(=O)/C=C/c1ccsc1)C(=O)N[C@H](CCC(N)=O)C(=O)N1CCC[C@H]1C(=O)N[C@H](CC(C)C)C(=O)OC. The molecular weight excluding hydrogens is 642 g/mol.